The van der Waals surface area contributed by atoms with Crippen molar-refractivity contribution in [2.75, 3.05) is 18.0 Å². The van der Waals surface area contributed by atoms with Gasteiger partial charge < -0.3 is 15.1 Å². The van der Waals surface area contributed by atoms with E-state index >= 15 is 0 Å². The molecule has 6 heteroatoms. The number of primary amides is 1. The summed E-state index contributed by atoms with van der Waals surface area (Å²) in [5, 5.41) is 0. The van der Waals surface area contributed by atoms with Crippen LogP contribution in [0.1, 0.15) is 22.0 Å². The van der Waals surface area contributed by atoms with Gasteiger partial charge >= 0.3 is 0 Å². The van der Waals surface area contributed by atoms with Crippen LogP contribution in [-0.4, -0.2) is 29.0 Å². The minimum atomic E-state index is -0.500. The fourth-order valence-corrected chi connectivity index (χ4v) is 2.71. The molecule has 0 spiro atoms. The fourth-order valence-electron chi connectivity index (χ4n) is 2.71. The van der Waals surface area contributed by atoms with Crippen LogP contribution in [0.25, 0.3) is 11.1 Å². The zero-order chi connectivity index (χ0) is 15.1. The number of fused-ring (bicyclic) bond motifs is 1. The van der Waals surface area contributed by atoms with Crippen molar-refractivity contribution in [1.82, 2.24) is 9.97 Å². The van der Waals surface area contributed by atoms with E-state index in [1.165, 1.54) is 0 Å². The number of benzene rings is 1. The molecular formula is C16H14N4O2. The number of nitrogens with two attached hydrogens (primary N) is 1. The first-order chi connectivity index (χ1) is 10.7. The molecule has 1 aromatic carbocycles. The van der Waals surface area contributed by atoms with E-state index in [0.29, 0.717) is 28.6 Å². The minimum Gasteiger partial charge on any atom is -0.423 e. The van der Waals surface area contributed by atoms with Crippen molar-refractivity contribution < 1.29 is 9.21 Å². The molecule has 1 aliphatic rings. The van der Waals surface area contributed by atoms with E-state index in [0.717, 1.165) is 18.8 Å². The summed E-state index contributed by atoms with van der Waals surface area (Å²) in [5.41, 5.74) is 7.92. The van der Waals surface area contributed by atoms with Crippen LogP contribution in [0.5, 0.6) is 0 Å². The van der Waals surface area contributed by atoms with Gasteiger partial charge in [-0.25, -0.2) is 0 Å². The maximum Gasteiger partial charge on any atom is 0.298 e. The number of nitrogens with zero attached hydrogens (tertiary/aromatic N) is 3. The Kier molecular flexibility index (Phi) is 2.82. The molecule has 1 saturated heterocycles. The highest BCUT2D eigenvalue weighted by atomic mass is 16.4. The van der Waals surface area contributed by atoms with Gasteiger partial charge in [0.15, 0.2) is 5.58 Å². The molecule has 3 heterocycles. The molecule has 0 atom stereocenters. The average Bonchev–Trinajstić information content (AvgIpc) is 2.89. The van der Waals surface area contributed by atoms with Gasteiger partial charge in [0, 0.05) is 30.9 Å². The van der Waals surface area contributed by atoms with Crippen LogP contribution < -0.4 is 10.6 Å². The first kappa shape index (κ1) is 12.8. The Balaban J connectivity index is 1.59. The summed E-state index contributed by atoms with van der Waals surface area (Å²) in [6, 6.07) is 11.6. The van der Waals surface area contributed by atoms with E-state index in [1.54, 1.807) is 24.4 Å². The summed E-state index contributed by atoms with van der Waals surface area (Å²) >= 11 is 0. The molecule has 3 aromatic rings. The molecule has 1 aliphatic heterocycles. The van der Waals surface area contributed by atoms with Crippen molar-refractivity contribution >= 4 is 23.0 Å². The zero-order valence-electron chi connectivity index (χ0n) is 11.8. The van der Waals surface area contributed by atoms with Gasteiger partial charge in [-0.1, -0.05) is 12.1 Å². The number of para-hydroxylation sites is 1. The number of oxazole rings is 1. The Hall–Kier alpha value is -2.89. The molecule has 2 aromatic heterocycles. The van der Waals surface area contributed by atoms with Gasteiger partial charge in [-0.05, 0) is 24.3 Å². The number of hydrogen-bond donors (Lipinski definition) is 1. The Bertz CT molecular complexity index is 838. The highest BCUT2D eigenvalue weighted by Crippen LogP contribution is 2.32. The van der Waals surface area contributed by atoms with Crippen molar-refractivity contribution in [3.8, 4) is 0 Å². The SMILES string of the molecule is NC(=O)c1cccc2oc(N3CC(c4ccccn4)C3)nc12. The number of carbonyl (C=O) groups is 1. The molecule has 0 saturated carbocycles. The van der Waals surface area contributed by atoms with Crippen molar-refractivity contribution in [3.63, 3.8) is 0 Å². The third-order valence-electron chi connectivity index (χ3n) is 3.93. The summed E-state index contributed by atoms with van der Waals surface area (Å²) in [5.74, 6) is -0.118. The molecule has 6 nitrogen and oxygen atoms in total. The van der Waals surface area contributed by atoms with Gasteiger partial charge in [0.25, 0.3) is 11.9 Å². The fraction of sp³-hybridized carbons (Fsp3) is 0.188. The van der Waals surface area contributed by atoms with Crippen molar-refractivity contribution in [1.29, 1.82) is 0 Å². The topological polar surface area (TPSA) is 85.3 Å². The molecule has 4 rings (SSSR count). The van der Waals surface area contributed by atoms with Gasteiger partial charge in [-0.15, -0.1) is 0 Å². The number of anilines is 1. The molecule has 2 N–H and O–H groups in total. The van der Waals surface area contributed by atoms with Crippen molar-refractivity contribution in [2.24, 2.45) is 5.73 Å². The lowest BCUT2D eigenvalue weighted by molar-refractivity contribution is 0.100. The highest BCUT2D eigenvalue weighted by Gasteiger charge is 2.32. The molecule has 110 valence electrons. The molecule has 0 unspecified atom stereocenters. The van der Waals surface area contributed by atoms with E-state index in [-0.39, 0.29) is 0 Å². The van der Waals surface area contributed by atoms with Gasteiger partial charge in [-0.3, -0.25) is 9.78 Å². The quantitative estimate of drug-likeness (QED) is 0.797. The van der Waals surface area contributed by atoms with Crippen LogP contribution in [-0.2, 0) is 0 Å². The van der Waals surface area contributed by atoms with Crippen LogP contribution >= 0.6 is 0 Å². The highest BCUT2D eigenvalue weighted by molar-refractivity contribution is 6.03. The molecular weight excluding hydrogens is 280 g/mol. The second-order valence-corrected chi connectivity index (χ2v) is 5.37. The Morgan fingerprint density at radius 2 is 2.09 bits per heavy atom. The van der Waals surface area contributed by atoms with E-state index in [9.17, 15) is 4.79 Å². The van der Waals surface area contributed by atoms with Crippen LogP contribution in [0.15, 0.2) is 47.0 Å². The van der Waals surface area contributed by atoms with E-state index in [4.69, 9.17) is 10.2 Å². The second-order valence-electron chi connectivity index (χ2n) is 5.37. The maximum atomic E-state index is 11.4. The monoisotopic (exact) mass is 294 g/mol. The van der Waals surface area contributed by atoms with Crippen molar-refractivity contribution in [2.45, 2.75) is 5.92 Å². The van der Waals surface area contributed by atoms with Gasteiger partial charge in [0.1, 0.15) is 5.52 Å². The normalized spacial score (nSPS) is 15.0. The van der Waals surface area contributed by atoms with Gasteiger partial charge in [0.2, 0.25) is 0 Å². The standard InChI is InChI=1S/C16H14N4O2/c17-15(21)11-4-3-6-13-14(11)19-16(22-13)20-8-10(9-20)12-5-1-2-7-18-12/h1-7,10H,8-9H2,(H2,17,21). The molecule has 0 bridgehead atoms. The second kappa shape index (κ2) is 4.84. The lowest BCUT2D eigenvalue weighted by atomic mass is 9.96. The Morgan fingerprint density at radius 3 is 2.82 bits per heavy atom. The molecule has 0 radical (unpaired) electrons. The largest absolute Gasteiger partial charge is 0.423 e. The molecule has 1 fully saturated rings. The van der Waals surface area contributed by atoms with E-state index in [1.807, 2.05) is 23.1 Å². The average molecular weight is 294 g/mol. The summed E-state index contributed by atoms with van der Waals surface area (Å²) in [6.07, 6.45) is 1.80. The maximum absolute atomic E-state index is 11.4. The number of carbonyl (C=O) groups excluding carboxylic acids is 1. The summed E-state index contributed by atoms with van der Waals surface area (Å²) < 4.78 is 5.73. The first-order valence-corrected chi connectivity index (χ1v) is 7.07. The first-order valence-electron chi connectivity index (χ1n) is 7.07. The minimum absolute atomic E-state index is 0.381. The molecule has 1 amide bonds. The van der Waals surface area contributed by atoms with Crippen molar-refractivity contribution in [3.05, 3.63) is 53.9 Å². The van der Waals surface area contributed by atoms with Crippen LogP contribution in [0, 0.1) is 0 Å². The van der Waals surface area contributed by atoms with Gasteiger partial charge in [-0.2, -0.15) is 4.98 Å². The predicted octanol–water partition coefficient (Wildman–Crippen LogP) is 1.93. The predicted molar refractivity (Wildman–Crippen MR) is 81.7 cm³/mol. The Morgan fingerprint density at radius 1 is 1.23 bits per heavy atom. The lowest BCUT2D eigenvalue weighted by Crippen LogP contribution is -2.45. The number of aromatic nitrogens is 2. The summed E-state index contributed by atoms with van der Waals surface area (Å²) in [6.45, 7) is 1.60. The Labute approximate surface area is 126 Å². The third kappa shape index (κ3) is 2.00. The van der Waals surface area contributed by atoms with Crippen LogP contribution in [0.2, 0.25) is 0 Å². The van der Waals surface area contributed by atoms with E-state index in [2.05, 4.69) is 9.97 Å². The molecule has 0 aliphatic carbocycles. The van der Waals surface area contributed by atoms with E-state index < -0.39 is 5.91 Å². The smallest absolute Gasteiger partial charge is 0.298 e. The number of hydrogen-bond acceptors (Lipinski definition) is 5. The zero-order valence-corrected chi connectivity index (χ0v) is 11.8. The number of amides is 1. The van der Waals surface area contributed by atoms with Gasteiger partial charge in [0.05, 0.1) is 5.56 Å². The summed E-state index contributed by atoms with van der Waals surface area (Å²) in [7, 11) is 0. The third-order valence-corrected chi connectivity index (χ3v) is 3.93. The molecule has 22 heavy (non-hydrogen) atoms. The lowest BCUT2D eigenvalue weighted by Gasteiger charge is -2.37. The number of rotatable bonds is 3. The summed E-state index contributed by atoms with van der Waals surface area (Å²) in [4.78, 5) is 22.3. The number of pyridine rings is 1. The van der Waals surface area contributed by atoms with Crippen LogP contribution in [0.4, 0.5) is 6.01 Å². The van der Waals surface area contributed by atoms with Crippen LogP contribution in [0.3, 0.4) is 0 Å².